The van der Waals surface area contributed by atoms with Crippen molar-refractivity contribution in [2.45, 2.75) is 38.9 Å². The van der Waals surface area contributed by atoms with Gasteiger partial charge in [0.1, 0.15) is 0 Å². The number of likely N-dealkylation sites (tertiary alicyclic amines) is 1. The molecule has 1 aromatic heterocycles. The van der Waals surface area contributed by atoms with Gasteiger partial charge in [-0.3, -0.25) is 9.59 Å². The molecule has 0 saturated carbocycles. The number of hydrogen-bond donors (Lipinski definition) is 3. The third-order valence-corrected chi connectivity index (χ3v) is 6.83. The molecule has 5 N–H and O–H groups in total. The second-order valence-corrected chi connectivity index (χ2v) is 9.71. The third kappa shape index (κ3) is 8.10. The van der Waals surface area contributed by atoms with Crippen LogP contribution in [0.4, 0.5) is 13.2 Å². The Balaban J connectivity index is 0.000000242. The number of alkyl halides is 3. The molecule has 0 unspecified atom stereocenters. The summed E-state index contributed by atoms with van der Waals surface area (Å²) in [4.78, 5) is 23.8. The minimum atomic E-state index is -4.31. The molecule has 7 nitrogen and oxygen atoms in total. The first-order valence-corrected chi connectivity index (χ1v) is 12.9. The number of nitrogens with two attached hydrogens (primary N) is 2. The highest BCUT2D eigenvalue weighted by molar-refractivity contribution is 5.85. The Bertz CT molecular complexity index is 1280. The van der Waals surface area contributed by atoms with Crippen LogP contribution in [0.25, 0.3) is 16.6 Å². The van der Waals surface area contributed by atoms with E-state index in [1.54, 1.807) is 4.90 Å². The molecular weight excluding hydrogens is 507 g/mol. The molecule has 3 aromatic rings. The topological polar surface area (TPSA) is 106 Å². The molecule has 0 aliphatic carbocycles. The minimum Gasteiger partial charge on any atom is -0.399 e. The highest BCUT2D eigenvalue weighted by Crippen LogP contribution is 2.30. The van der Waals surface area contributed by atoms with Gasteiger partial charge >= 0.3 is 6.18 Å². The number of fused-ring (bicyclic) bond motifs is 1. The van der Waals surface area contributed by atoms with Crippen molar-refractivity contribution >= 4 is 28.9 Å². The van der Waals surface area contributed by atoms with Crippen molar-refractivity contribution in [1.29, 1.82) is 0 Å². The summed E-state index contributed by atoms with van der Waals surface area (Å²) in [5.41, 5.74) is 14.6. The average molecular weight is 544 g/mol. The number of carbonyl (C=O) groups excluding carboxylic acids is 2. The summed E-state index contributed by atoms with van der Waals surface area (Å²) in [6, 6.07) is 13.1. The minimum absolute atomic E-state index is 0.0685. The maximum atomic E-state index is 12.7. The summed E-state index contributed by atoms with van der Waals surface area (Å²) in [6.07, 6.45) is -1.10. The molecule has 0 radical (unpaired) electrons. The van der Waals surface area contributed by atoms with E-state index in [0.717, 1.165) is 65.5 Å². The highest BCUT2D eigenvalue weighted by Gasteiger charge is 2.30. The molecule has 0 atom stereocenters. The number of amides is 2. The molecule has 2 heterocycles. The van der Waals surface area contributed by atoms with Crippen LogP contribution in [-0.4, -0.2) is 48.0 Å². The second kappa shape index (κ2) is 13.3. The summed E-state index contributed by atoms with van der Waals surface area (Å²) in [6.45, 7) is 8.86. The molecule has 2 amide bonds. The normalized spacial score (nSPS) is 14.0. The van der Waals surface area contributed by atoms with E-state index >= 15 is 0 Å². The van der Waals surface area contributed by atoms with Crippen LogP contribution < -0.4 is 16.8 Å². The summed E-state index contributed by atoms with van der Waals surface area (Å²) in [5, 5.41) is 3.92. The number of benzene rings is 2. The van der Waals surface area contributed by atoms with Gasteiger partial charge in [0.25, 0.3) is 0 Å². The summed E-state index contributed by atoms with van der Waals surface area (Å²) in [7, 11) is 0. The average Bonchev–Trinajstić information content (AvgIpc) is 3.23. The Morgan fingerprint density at radius 1 is 1.13 bits per heavy atom. The standard InChI is InChI=1S/C19H17F3N2.C10H19N3O2/c1-12-9-16-6-5-15(13(2)23)10-18(16)24(12)11-14-3-7-17(8-4-14)19(20,21)22;11-4-1-5-12-10(15)9-2-6-13(8-14)7-3-9/h3-10H,2,11,23H2,1H3;8-9H,1-7,11H2,(H,12,15). The maximum absolute atomic E-state index is 12.7. The van der Waals surface area contributed by atoms with E-state index in [2.05, 4.69) is 16.5 Å². The van der Waals surface area contributed by atoms with E-state index in [1.165, 1.54) is 12.1 Å². The number of hydrogen-bond acceptors (Lipinski definition) is 4. The lowest BCUT2D eigenvalue weighted by Crippen LogP contribution is -2.40. The van der Waals surface area contributed by atoms with Crippen molar-refractivity contribution in [3.05, 3.63) is 77.5 Å². The zero-order valence-electron chi connectivity index (χ0n) is 22.1. The van der Waals surface area contributed by atoms with Gasteiger partial charge < -0.3 is 26.3 Å². The molecule has 0 spiro atoms. The predicted octanol–water partition coefficient (Wildman–Crippen LogP) is 4.27. The van der Waals surface area contributed by atoms with Crippen molar-refractivity contribution in [1.82, 2.24) is 14.8 Å². The molecule has 4 rings (SSSR count). The zero-order valence-corrected chi connectivity index (χ0v) is 22.1. The Kier molecular flexibility index (Phi) is 10.2. The smallest absolute Gasteiger partial charge is 0.399 e. The molecule has 1 aliphatic heterocycles. The lowest BCUT2D eigenvalue weighted by molar-refractivity contribution is -0.137. The Labute approximate surface area is 226 Å². The van der Waals surface area contributed by atoms with Gasteiger partial charge in [0.2, 0.25) is 12.3 Å². The van der Waals surface area contributed by atoms with E-state index in [4.69, 9.17) is 11.5 Å². The van der Waals surface area contributed by atoms with Crippen molar-refractivity contribution in [3.63, 3.8) is 0 Å². The molecule has 1 saturated heterocycles. The molecule has 10 heteroatoms. The molecule has 210 valence electrons. The van der Waals surface area contributed by atoms with Crippen LogP contribution in [0.2, 0.25) is 0 Å². The van der Waals surface area contributed by atoms with Gasteiger partial charge in [0.05, 0.1) is 5.56 Å². The van der Waals surface area contributed by atoms with Gasteiger partial charge in [-0.15, -0.1) is 0 Å². The number of rotatable bonds is 8. The quantitative estimate of drug-likeness (QED) is 0.292. The summed E-state index contributed by atoms with van der Waals surface area (Å²) in [5.74, 6) is 0.174. The molecule has 1 aliphatic rings. The van der Waals surface area contributed by atoms with Crippen LogP contribution in [0.5, 0.6) is 0 Å². The number of halogens is 3. The fraction of sp³-hybridized carbons (Fsp3) is 0.379. The van der Waals surface area contributed by atoms with Gasteiger partial charge in [-0.05, 0) is 73.5 Å². The van der Waals surface area contributed by atoms with Crippen LogP contribution in [0.15, 0.2) is 55.1 Å². The van der Waals surface area contributed by atoms with Crippen LogP contribution in [0, 0.1) is 12.8 Å². The van der Waals surface area contributed by atoms with E-state index in [1.807, 2.05) is 31.2 Å². The number of carbonyl (C=O) groups is 2. The van der Waals surface area contributed by atoms with Gasteiger partial charge in [0, 0.05) is 49.0 Å². The maximum Gasteiger partial charge on any atom is 0.416 e. The molecule has 2 aromatic carbocycles. The van der Waals surface area contributed by atoms with Crippen molar-refractivity contribution in [2.24, 2.45) is 17.4 Å². The summed E-state index contributed by atoms with van der Waals surface area (Å²) >= 11 is 0. The number of aryl methyl sites for hydroxylation is 1. The number of nitrogens with one attached hydrogen (secondary N) is 1. The number of aromatic nitrogens is 1. The van der Waals surface area contributed by atoms with Crippen LogP contribution in [0.1, 0.15) is 41.6 Å². The largest absolute Gasteiger partial charge is 0.416 e. The first-order valence-electron chi connectivity index (χ1n) is 12.9. The Hall–Kier alpha value is -3.79. The summed E-state index contributed by atoms with van der Waals surface area (Å²) < 4.78 is 40.1. The van der Waals surface area contributed by atoms with Crippen molar-refractivity contribution in [3.8, 4) is 0 Å². The fourth-order valence-corrected chi connectivity index (χ4v) is 4.51. The van der Waals surface area contributed by atoms with Crippen LogP contribution >= 0.6 is 0 Å². The highest BCUT2D eigenvalue weighted by atomic mass is 19.4. The monoisotopic (exact) mass is 543 g/mol. The molecule has 1 fully saturated rings. The fourth-order valence-electron chi connectivity index (χ4n) is 4.51. The Morgan fingerprint density at radius 3 is 2.36 bits per heavy atom. The van der Waals surface area contributed by atoms with E-state index in [9.17, 15) is 22.8 Å². The SMILES string of the molecule is C=C(N)c1ccc2cc(C)n(Cc3ccc(C(F)(F)F)cc3)c2c1.NCCCNC(=O)C1CCN(C=O)CC1. The molecule has 39 heavy (non-hydrogen) atoms. The van der Waals surface area contributed by atoms with Crippen molar-refractivity contribution in [2.75, 3.05) is 26.2 Å². The molecular formula is C29H36F3N5O2. The van der Waals surface area contributed by atoms with Crippen LogP contribution in [-0.2, 0) is 22.3 Å². The number of piperidine rings is 1. The number of nitrogens with zero attached hydrogens (tertiary/aromatic N) is 2. The first kappa shape index (κ1) is 29.8. The lowest BCUT2D eigenvalue weighted by Gasteiger charge is -2.28. The zero-order chi connectivity index (χ0) is 28.6. The Morgan fingerprint density at radius 2 is 1.79 bits per heavy atom. The van der Waals surface area contributed by atoms with E-state index in [0.29, 0.717) is 38.4 Å². The first-order chi connectivity index (χ1) is 18.5. The van der Waals surface area contributed by atoms with Crippen molar-refractivity contribution < 1.29 is 22.8 Å². The second-order valence-electron chi connectivity index (χ2n) is 9.71. The van der Waals surface area contributed by atoms with Gasteiger partial charge in [0.15, 0.2) is 0 Å². The van der Waals surface area contributed by atoms with Crippen LogP contribution in [0.3, 0.4) is 0 Å². The molecule has 0 bridgehead atoms. The third-order valence-electron chi connectivity index (χ3n) is 6.83. The lowest BCUT2D eigenvalue weighted by atomic mass is 9.96. The van der Waals surface area contributed by atoms with Gasteiger partial charge in [-0.25, -0.2) is 0 Å². The predicted molar refractivity (Wildman–Crippen MR) is 147 cm³/mol. The van der Waals surface area contributed by atoms with Gasteiger partial charge in [-0.1, -0.05) is 30.8 Å². The van der Waals surface area contributed by atoms with E-state index < -0.39 is 11.7 Å². The van der Waals surface area contributed by atoms with Gasteiger partial charge in [-0.2, -0.15) is 13.2 Å². The van der Waals surface area contributed by atoms with E-state index in [-0.39, 0.29) is 11.8 Å².